The summed E-state index contributed by atoms with van der Waals surface area (Å²) in [5.41, 5.74) is 9.13. The molecule has 2 heterocycles. The number of thiophene rings is 1. The van der Waals surface area contributed by atoms with Crippen molar-refractivity contribution < 1.29 is 28.7 Å². The van der Waals surface area contributed by atoms with Crippen LogP contribution >= 0.6 is 11.3 Å². The summed E-state index contributed by atoms with van der Waals surface area (Å²) >= 11 is 1.25. The zero-order valence-electron chi connectivity index (χ0n) is 25.0. The molecule has 13 heteroatoms. The van der Waals surface area contributed by atoms with Crippen LogP contribution in [0.15, 0.2) is 29.1 Å². The highest BCUT2D eigenvalue weighted by atomic mass is 32.1. The number of hydrogen-bond acceptors (Lipinski definition) is 9. The van der Waals surface area contributed by atoms with Crippen molar-refractivity contribution in [2.75, 3.05) is 27.4 Å². The Morgan fingerprint density at radius 2 is 1.85 bits per heavy atom. The number of likely N-dealkylation sites (N-methyl/N-ethyl adjacent to an activating group) is 1. The van der Waals surface area contributed by atoms with Crippen molar-refractivity contribution in [2.24, 2.45) is 5.73 Å². The average Bonchev–Trinajstić information content (AvgIpc) is 3.46. The summed E-state index contributed by atoms with van der Waals surface area (Å²) in [5.74, 6) is -2.38. The van der Waals surface area contributed by atoms with E-state index in [1.807, 2.05) is 31.1 Å². The number of hydrogen-bond donors (Lipinski definition) is 3. The minimum absolute atomic E-state index is 0.185. The molecule has 5 amide bonds. The van der Waals surface area contributed by atoms with Crippen LogP contribution in [-0.4, -0.2) is 77.8 Å². The molecular weight excluding hydrogens is 548 g/mol. The molecule has 0 radical (unpaired) electrons. The molecule has 0 saturated heterocycles. The van der Waals surface area contributed by atoms with E-state index in [1.54, 1.807) is 0 Å². The molecule has 0 fully saturated rings. The van der Waals surface area contributed by atoms with Crippen molar-refractivity contribution in [3.63, 3.8) is 0 Å². The van der Waals surface area contributed by atoms with Crippen LogP contribution in [0.1, 0.15) is 74.0 Å². The fourth-order valence-corrected chi connectivity index (χ4v) is 5.28. The molecule has 1 aliphatic carbocycles. The molecule has 226 valence electrons. The smallest absolute Gasteiger partial charge is 0.321 e. The normalized spacial score (nSPS) is 14.8. The monoisotopic (exact) mass is 590 g/mol. The molecule has 0 saturated carbocycles. The van der Waals surface area contributed by atoms with Crippen molar-refractivity contribution in [3.05, 3.63) is 44.4 Å². The summed E-state index contributed by atoms with van der Waals surface area (Å²) in [7, 11) is 3.93. The van der Waals surface area contributed by atoms with Gasteiger partial charge in [-0.05, 0) is 50.0 Å². The number of rotatable bonds is 9. The van der Waals surface area contributed by atoms with Gasteiger partial charge in [-0.25, -0.2) is 9.69 Å². The first-order chi connectivity index (χ1) is 19.3. The molecular formula is C28H42N6O6S. The lowest BCUT2D eigenvalue weighted by molar-refractivity contribution is -0.159. The Kier molecular flexibility index (Phi) is 12.5. The standard InChI is InChI=1S/C25H34N6O6S.C3H8/c1-14-6-7-18(9-20(14)29(4)5)28-25(36)27-11-19-8-17-12-30(24(35)22(17)38-19)15(2)23(34)31(16(3)32)13-37-21(33)10-26;1-3-2/h8-9,15H,6-7,10-13,26H2,1-5H3,(H2,27,28,36);3H2,1-2H3. The summed E-state index contributed by atoms with van der Waals surface area (Å²) in [6.45, 7) is 8.50. The first-order valence-corrected chi connectivity index (χ1v) is 14.4. The third-order valence-corrected chi connectivity index (χ3v) is 7.51. The third-order valence-electron chi connectivity index (χ3n) is 6.34. The number of allylic oxidation sites excluding steroid dienone is 3. The topological polar surface area (TPSA) is 154 Å². The fraction of sp³-hybridized carbons (Fsp3) is 0.536. The molecule has 2 aliphatic rings. The van der Waals surface area contributed by atoms with Crippen LogP contribution in [0.4, 0.5) is 4.79 Å². The molecule has 1 aromatic heterocycles. The van der Waals surface area contributed by atoms with Crippen LogP contribution in [0.5, 0.6) is 0 Å². The summed E-state index contributed by atoms with van der Waals surface area (Å²) in [4.78, 5) is 67.1. The molecule has 12 nitrogen and oxygen atoms in total. The number of ether oxygens (including phenoxy) is 1. The van der Waals surface area contributed by atoms with Crippen molar-refractivity contribution in [3.8, 4) is 0 Å². The average molecular weight is 591 g/mol. The van der Waals surface area contributed by atoms with Gasteiger partial charge in [-0.15, -0.1) is 11.3 Å². The molecule has 3 rings (SSSR count). The number of nitrogens with one attached hydrogen (secondary N) is 2. The van der Waals surface area contributed by atoms with Crippen LogP contribution in [0.3, 0.4) is 0 Å². The predicted octanol–water partition coefficient (Wildman–Crippen LogP) is 2.66. The SMILES string of the molecule is CC(=O)N(COC(=O)CN)C(=O)C(C)N1Cc2cc(CNC(=O)NC3=CC(N(C)C)=C(C)CC3)sc2C1=O.CCC. The van der Waals surface area contributed by atoms with Gasteiger partial charge in [0.15, 0.2) is 6.73 Å². The molecule has 4 N–H and O–H groups in total. The van der Waals surface area contributed by atoms with E-state index in [0.717, 1.165) is 39.6 Å². The number of esters is 1. The number of fused-ring (bicyclic) bond motifs is 1. The Morgan fingerprint density at radius 3 is 2.41 bits per heavy atom. The number of carbonyl (C=O) groups excluding carboxylic acids is 5. The number of nitrogens with two attached hydrogens (primary N) is 1. The fourth-order valence-electron chi connectivity index (χ4n) is 4.21. The van der Waals surface area contributed by atoms with Crippen molar-refractivity contribution >= 4 is 41.1 Å². The molecule has 1 atom stereocenters. The lowest BCUT2D eigenvalue weighted by Gasteiger charge is -2.28. The highest BCUT2D eigenvalue weighted by molar-refractivity contribution is 7.14. The number of carbonyl (C=O) groups is 5. The minimum atomic E-state index is -0.955. The van der Waals surface area contributed by atoms with E-state index in [2.05, 4.69) is 31.4 Å². The Hall–Kier alpha value is -3.71. The van der Waals surface area contributed by atoms with E-state index in [-0.39, 0.29) is 31.6 Å². The van der Waals surface area contributed by atoms with Crippen LogP contribution in [-0.2, 0) is 32.2 Å². The van der Waals surface area contributed by atoms with Gasteiger partial charge in [0, 0.05) is 43.8 Å². The summed E-state index contributed by atoms with van der Waals surface area (Å²) in [6.07, 6.45) is 4.85. The lowest BCUT2D eigenvalue weighted by atomic mass is 10.0. The van der Waals surface area contributed by atoms with Crippen LogP contribution in [0.25, 0.3) is 0 Å². The van der Waals surface area contributed by atoms with Gasteiger partial charge >= 0.3 is 12.0 Å². The Bertz CT molecular complexity index is 1220. The predicted molar refractivity (Wildman–Crippen MR) is 156 cm³/mol. The third kappa shape index (κ3) is 8.89. The van der Waals surface area contributed by atoms with Crippen LogP contribution < -0.4 is 16.4 Å². The number of amides is 5. The zero-order valence-corrected chi connectivity index (χ0v) is 25.8. The molecule has 0 spiro atoms. The molecule has 1 aliphatic heterocycles. The maximum absolute atomic E-state index is 13.0. The van der Waals surface area contributed by atoms with Gasteiger partial charge in [-0.3, -0.25) is 19.2 Å². The summed E-state index contributed by atoms with van der Waals surface area (Å²) in [6, 6.07) is 0.551. The van der Waals surface area contributed by atoms with Gasteiger partial charge in [0.2, 0.25) is 5.91 Å². The van der Waals surface area contributed by atoms with Crippen molar-refractivity contribution in [2.45, 2.75) is 73.0 Å². The van der Waals surface area contributed by atoms with Crippen LogP contribution in [0, 0.1) is 0 Å². The summed E-state index contributed by atoms with van der Waals surface area (Å²) in [5, 5.41) is 5.73. The molecule has 0 aromatic carbocycles. The second-order valence-corrected chi connectivity index (χ2v) is 11.2. The van der Waals surface area contributed by atoms with E-state index in [4.69, 9.17) is 10.5 Å². The first kappa shape index (κ1) is 33.5. The number of nitrogens with zero attached hydrogens (tertiary/aromatic N) is 3. The molecule has 41 heavy (non-hydrogen) atoms. The minimum Gasteiger partial charge on any atom is -0.443 e. The number of imide groups is 1. The maximum Gasteiger partial charge on any atom is 0.321 e. The van der Waals surface area contributed by atoms with Gasteiger partial charge < -0.3 is 30.9 Å². The quantitative estimate of drug-likeness (QED) is 0.293. The molecule has 1 aromatic rings. The Labute approximate surface area is 245 Å². The molecule has 0 bridgehead atoms. The van der Waals surface area contributed by atoms with Crippen molar-refractivity contribution in [1.82, 2.24) is 25.3 Å². The number of urea groups is 1. The van der Waals surface area contributed by atoms with E-state index < -0.39 is 30.6 Å². The van der Waals surface area contributed by atoms with Crippen LogP contribution in [0.2, 0.25) is 0 Å². The van der Waals surface area contributed by atoms with Gasteiger partial charge in [-0.1, -0.05) is 20.3 Å². The Morgan fingerprint density at radius 1 is 1.20 bits per heavy atom. The van der Waals surface area contributed by atoms with Crippen molar-refractivity contribution in [1.29, 1.82) is 0 Å². The maximum atomic E-state index is 13.0. The largest absolute Gasteiger partial charge is 0.443 e. The second-order valence-electron chi connectivity index (χ2n) is 10.1. The second kappa shape index (κ2) is 15.3. The zero-order chi connectivity index (χ0) is 30.9. The van der Waals surface area contributed by atoms with Gasteiger partial charge in [0.05, 0.1) is 18.0 Å². The van der Waals surface area contributed by atoms with E-state index in [1.165, 1.54) is 42.1 Å². The lowest BCUT2D eigenvalue weighted by Crippen LogP contribution is -2.49. The van der Waals surface area contributed by atoms with Gasteiger partial charge in [-0.2, -0.15) is 0 Å². The molecule has 1 unspecified atom stereocenters. The van der Waals surface area contributed by atoms with E-state index in [9.17, 15) is 24.0 Å². The highest BCUT2D eigenvalue weighted by Crippen LogP contribution is 2.32. The first-order valence-electron chi connectivity index (χ1n) is 13.6. The van der Waals surface area contributed by atoms with E-state index in [0.29, 0.717) is 4.88 Å². The summed E-state index contributed by atoms with van der Waals surface area (Å²) < 4.78 is 4.82. The van der Waals surface area contributed by atoms with Gasteiger partial charge in [0.1, 0.15) is 6.04 Å². The van der Waals surface area contributed by atoms with Gasteiger partial charge in [0.25, 0.3) is 11.8 Å². The highest BCUT2D eigenvalue weighted by Gasteiger charge is 2.38. The Balaban J connectivity index is 0.00000187. The van der Waals surface area contributed by atoms with E-state index >= 15 is 0 Å².